The number of nitrogens with zero attached hydrogens (tertiary/aromatic N) is 1. The van der Waals surface area contributed by atoms with E-state index in [4.69, 9.17) is 4.84 Å². The zero-order valence-corrected chi connectivity index (χ0v) is 12.0. The molecule has 0 atom stereocenters. The summed E-state index contributed by atoms with van der Waals surface area (Å²) < 4.78 is 0.177. The van der Waals surface area contributed by atoms with Gasteiger partial charge in [-0.05, 0) is 43.6 Å². The molecule has 0 aliphatic rings. The molecule has 0 bridgehead atoms. The number of carbonyl (C=O) groups excluding carboxylic acids is 1. The fourth-order valence-electron chi connectivity index (χ4n) is 1.04. The molecule has 4 heteroatoms. The van der Waals surface area contributed by atoms with Gasteiger partial charge in [0.1, 0.15) is 5.60 Å². The predicted molar refractivity (Wildman–Crippen MR) is 72.7 cm³/mol. The van der Waals surface area contributed by atoms with Gasteiger partial charge in [-0.2, -0.15) is 0 Å². The van der Waals surface area contributed by atoms with E-state index < -0.39 is 5.60 Å². The van der Waals surface area contributed by atoms with Crippen molar-refractivity contribution in [2.24, 2.45) is 5.16 Å². The van der Waals surface area contributed by atoms with E-state index in [0.29, 0.717) is 5.56 Å². The lowest BCUT2D eigenvalue weighted by atomic mass is 10.1. The Kier molecular flexibility index (Phi) is 4.46. The van der Waals surface area contributed by atoms with Gasteiger partial charge < -0.3 is 4.84 Å². The molecule has 0 aromatic heterocycles. The van der Waals surface area contributed by atoms with Crippen LogP contribution in [0.25, 0.3) is 0 Å². The van der Waals surface area contributed by atoms with Gasteiger partial charge >= 0.3 is 0 Å². The summed E-state index contributed by atoms with van der Waals surface area (Å²) in [6.45, 7) is 7.58. The topological polar surface area (TPSA) is 38.7 Å². The van der Waals surface area contributed by atoms with Crippen LogP contribution in [0.2, 0.25) is 0 Å². The summed E-state index contributed by atoms with van der Waals surface area (Å²) in [5.41, 5.74) is 1.29. The summed E-state index contributed by atoms with van der Waals surface area (Å²) in [5.74, 6) is -0.186. The predicted octanol–water partition coefficient (Wildman–Crippen LogP) is 3.70. The maximum absolute atomic E-state index is 11.9. The first-order chi connectivity index (χ1) is 7.79. The van der Waals surface area contributed by atoms with Crippen molar-refractivity contribution in [1.82, 2.24) is 0 Å². The first kappa shape index (κ1) is 13.9. The molecule has 0 heterocycles. The van der Waals surface area contributed by atoms with Crippen molar-refractivity contribution in [2.75, 3.05) is 0 Å². The molecule has 0 spiro atoms. The maximum Gasteiger partial charge on any atom is 0.221 e. The molecular weight excluding hydrogens is 282 g/mol. The van der Waals surface area contributed by atoms with Crippen molar-refractivity contribution < 1.29 is 9.63 Å². The quantitative estimate of drug-likeness (QED) is 0.485. The third kappa shape index (κ3) is 4.69. The summed E-state index contributed by atoms with van der Waals surface area (Å²) in [6, 6.07) is 7.31. The fourth-order valence-corrected chi connectivity index (χ4v) is 1.34. The molecule has 0 aliphatic heterocycles. The van der Waals surface area contributed by atoms with Gasteiger partial charge in [-0.3, -0.25) is 4.79 Å². The molecule has 1 rings (SSSR count). The summed E-state index contributed by atoms with van der Waals surface area (Å²) in [7, 11) is 0. The van der Waals surface area contributed by atoms with Gasteiger partial charge in [-0.1, -0.05) is 35.0 Å². The van der Waals surface area contributed by atoms with Crippen LogP contribution in [0.4, 0.5) is 0 Å². The van der Waals surface area contributed by atoms with E-state index >= 15 is 0 Å². The second-order valence-electron chi connectivity index (χ2n) is 4.78. The zero-order valence-electron chi connectivity index (χ0n) is 10.5. The number of hydrogen-bond acceptors (Lipinski definition) is 3. The van der Waals surface area contributed by atoms with Crippen molar-refractivity contribution >= 4 is 26.3 Å². The molecule has 0 amide bonds. The van der Waals surface area contributed by atoms with Gasteiger partial charge in [-0.25, -0.2) is 0 Å². The van der Waals surface area contributed by atoms with E-state index in [1.54, 1.807) is 12.1 Å². The van der Waals surface area contributed by atoms with Gasteiger partial charge in [0.05, 0.1) is 0 Å². The SMILES string of the molecule is Cc1ccc(C(=O)/C(Br)=N/OC(C)(C)C)cc1. The van der Waals surface area contributed by atoms with Crippen molar-refractivity contribution in [3.05, 3.63) is 35.4 Å². The van der Waals surface area contributed by atoms with Gasteiger partial charge in [0.15, 0.2) is 4.62 Å². The average molecular weight is 298 g/mol. The zero-order chi connectivity index (χ0) is 13.1. The largest absolute Gasteiger partial charge is 0.389 e. The minimum Gasteiger partial charge on any atom is -0.389 e. The van der Waals surface area contributed by atoms with Crippen LogP contribution in [-0.4, -0.2) is 16.0 Å². The van der Waals surface area contributed by atoms with E-state index in [-0.39, 0.29) is 10.4 Å². The molecule has 0 saturated carbocycles. The monoisotopic (exact) mass is 297 g/mol. The summed E-state index contributed by atoms with van der Waals surface area (Å²) in [6.07, 6.45) is 0. The highest BCUT2D eigenvalue weighted by atomic mass is 79.9. The van der Waals surface area contributed by atoms with E-state index in [0.717, 1.165) is 5.56 Å². The van der Waals surface area contributed by atoms with E-state index in [9.17, 15) is 4.79 Å². The number of oxime groups is 1. The molecule has 0 radical (unpaired) electrons. The van der Waals surface area contributed by atoms with Crippen LogP contribution < -0.4 is 0 Å². The highest BCUT2D eigenvalue weighted by Crippen LogP contribution is 2.11. The number of carbonyl (C=O) groups is 1. The van der Waals surface area contributed by atoms with Gasteiger partial charge in [0, 0.05) is 5.56 Å². The smallest absolute Gasteiger partial charge is 0.221 e. The standard InChI is InChI=1S/C13H16BrNO2/c1-9-5-7-10(8-6-9)11(16)12(14)15-17-13(2,3)4/h5-8H,1-4H3/b15-12-. The highest BCUT2D eigenvalue weighted by molar-refractivity contribution is 9.19. The number of rotatable bonds is 3. The minimum atomic E-state index is -0.410. The number of aryl methyl sites for hydroxylation is 1. The number of Topliss-reactive ketones (excluding diaryl/α,β-unsaturated/α-hetero) is 1. The Labute approximate surface area is 110 Å². The van der Waals surface area contributed by atoms with Crippen LogP contribution in [0.3, 0.4) is 0 Å². The Hall–Kier alpha value is -1.16. The third-order valence-corrected chi connectivity index (χ3v) is 2.41. The van der Waals surface area contributed by atoms with Crippen LogP contribution >= 0.6 is 15.9 Å². The molecule has 0 fully saturated rings. The van der Waals surface area contributed by atoms with Crippen LogP contribution in [0.15, 0.2) is 29.4 Å². The molecular formula is C13H16BrNO2. The molecule has 1 aromatic rings. The van der Waals surface area contributed by atoms with Crippen LogP contribution in [0.1, 0.15) is 36.7 Å². The summed E-state index contributed by atoms with van der Waals surface area (Å²) >= 11 is 3.13. The van der Waals surface area contributed by atoms with Crippen LogP contribution in [0, 0.1) is 6.92 Å². The first-order valence-corrected chi connectivity index (χ1v) is 6.12. The van der Waals surface area contributed by atoms with Crippen LogP contribution in [0.5, 0.6) is 0 Å². The number of halogens is 1. The van der Waals surface area contributed by atoms with Gasteiger partial charge in [0.25, 0.3) is 0 Å². The summed E-state index contributed by atoms with van der Waals surface area (Å²) in [5, 5.41) is 3.78. The Morgan fingerprint density at radius 3 is 2.24 bits per heavy atom. The molecule has 3 nitrogen and oxygen atoms in total. The first-order valence-electron chi connectivity index (χ1n) is 5.32. The Morgan fingerprint density at radius 1 is 1.24 bits per heavy atom. The molecule has 0 unspecified atom stereocenters. The second kappa shape index (κ2) is 5.45. The van der Waals surface area contributed by atoms with E-state index in [2.05, 4.69) is 21.1 Å². The van der Waals surface area contributed by atoms with Crippen molar-refractivity contribution in [1.29, 1.82) is 0 Å². The maximum atomic E-state index is 11.9. The normalized spacial score (nSPS) is 12.4. The number of hydrogen-bond donors (Lipinski definition) is 0. The fraction of sp³-hybridized carbons (Fsp3) is 0.385. The molecule has 92 valence electrons. The minimum absolute atomic E-state index is 0.177. The third-order valence-electron chi connectivity index (χ3n) is 1.90. The Morgan fingerprint density at radius 2 is 1.76 bits per heavy atom. The lowest BCUT2D eigenvalue weighted by Crippen LogP contribution is -2.18. The lowest BCUT2D eigenvalue weighted by molar-refractivity contribution is 0.00156. The van der Waals surface area contributed by atoms with Crippen molar-refractivity contribution in [2.45, 2.75) is 33.3 Å². The van der Waals surface area contributed by atoms with Gasteiger partial charge in [-0.15, -0.1) is 0 Å². The Bertz CT molecular complexity index is 430. The lowest BCUT2D eigenvalue weighted by Gasteiger charge is -2.15. The highest BCUT2D eigenvalue weighted by Gasteiger charge is 2.15. The average Bonchev–Trinajstić information content (AvgIpc) is 2.25. The number of ketones is 1. The molecule has 1 aromatic carbocycles. The molecule has 0 N–H and O–H groups in total. The van der Waals surface area contributed by atoms with E-state index in [1.807, 2.05) is 39.8 Å². The second-order valence-corrected chi connectivity index (χ2v) is 5.53. The molecule has 17 heavy (non-hydrogen) atoms. The summed E-state index contributed by atoms with van der Waals surface area (Å²) in [4.78, 5) is 17.1. The number of benzene rings is 1. The molecule has 0 aliphatic carbocycles. The van der Waals surface area contributed by atoms with Crippen molar-refractivity contribution in [3.63, 3.8) is 0 Å². The van der Waals surface area contributed by atoms with E-state index in [1.165, 1.54) is 0 Å². The van der Waals surface area contributed by atoms with Gasteiger partial charge in [0.2, 0.25) is 5.78 Å². The molecule has 0 saturated heterocycles. The van der Waals surface area contributed by atoms with Crippen LogP contribution in [-0.2, 0) is 4.84 Å². The Balaban J connectivity index is 2.80. The van der Waals surface area contributed by atoms with Crippen molar-refractivity contribution in [3.8, 4) is 0 Å².